The SMILES string of the molecule is N=C(N)N1CCC(Cc2ccccc2)C1. The molecule has 0 amide bonds. The van der Waals surface area contributed by atoms with E-state index < -0.39 is 0 Å². The Kier molecular flexibility index (Phi) is 2.90. The third-order valence-corrected chi connectivity index (χ3v) is 2.99. The van der Waals surface area contributed by atoms with E-state index in [0.717, 1.165) is 25.9 Å². The maximum atomic E-state index is 7.37. The predicted octanol–water partition coefficient (Wildman–Crippen LogP) is 1.44. The largest absolute Gasteiger partial charge is 0.370 e. The first kappa shape index (κ1) is 10.0. The average Bonchev–Trinajstić information content (AvgIpc) is 2.68. The lowest BCUT2D eigenvalue weighted by molar-refractivity contribution is 0.471. The molecule has 0 radical (unpaired) electrons. The molecule has 1 unspecified atom stereocenters. The van der Waals surface area contributed by atoms with E-state index in [1.165, 1.54) is 5.56 Å². The Morgan fingerprint density at radius 1 is 1.40 bits per heavy atom. The lowest BCUT2D eigenvalue weighted by Gasteiger charge is -2.15. The van der Waals surface area contributed by atoms with Gasteiger partial charge >= 0.3 is 0 Å². The molecule has 3 heteroatoms. The number of guanidine groups is 1. The van der Waals surface area contributed by atoms with Gasteiger partial charge in [-0.15, -0.1) is 0 Å². The molecule has 0 saturated carbocycles. The summed E-state index contributed by atoms with van der Waals surface area (Å²) in [6, 6.07) is 10.5. The van der Waals surface area contributed by atoms with Crippen molar-refractivity contribution in [1.82, 2.24) is 4.90 Å². The molecule has 1 saturated heterocycles. The number of likely N-dealkylation sites (tertiary alicyclic amines) is 1. The van der Waals surface area contributed by atoms with E-state index in [0.29, 0.717) is 5.92 Å². The molecule has 0 bridgehead atoms. The van der Waals surface area contributed by atoms with Gasteiger partial charge < -0.3 is 10.6 Å². The number of hydrogen-bond donors (Lipinski definition) is 2. The lowest BCUT2D eigenvalue weighted by Crippen LogP contribution is -2.34. The van der Waals surface area contributed by atoms with Crippen molar-refractivity contribution >= 4 is 5.96 Å². The molecular formula is C12H17N3. The zero-order valence-corrected chi connectivity index (χ0v) is 8.82. The minimum absolute atomic E-state index is 0.213. The maximum Gasteiger partial charge on any atom is 0.188 e. The second kappa shape index (κ2) is 4.34. The number of nitrogens with one attached hydrogen (secondary N) is 1. The number of nitrogens with zero attached hydrogens (tertiary/aromatic N) is 1. The summed E-state index contributed by atoms with van der Waals surface area (Å²) in [4.78, 5) is 1.95. The molecule has 3 nitrogen and oxygen atoms in total. The molecule has 80 valence electrons. The van der Waals surface area contributed by atoms with E-state index in [-0.39, 0.29) is 5.96 Å². The molecule has 1 aliphatic heterocycles. The standard InChI is InChI=1S/C12H17N3/c13-12(14)15-7-6-11(9-15)8-10-4-2-1-3-5-10/h1-5,11H,6-9H2,(H3,13,14). The van der Waals surface area contributed by atoms with Crippen LogP contribution in [0.1, 0.15) is 12.0 Å². The minimum Gasteiger partial charge on any atom is -0.370 e. The summed E-state index contributed by atoms with van der Waals surface area (Å²) in [5.41, 5.74) is 6.84. The zero-order valence-electron chi connectivity index (χ0n) is 8.82. The highest BCUT2D eigenvalue weighted by molar-refractivity contribution is 5.74. The molecule has 1 atom stereocenters. The van der Waals surface area contributed by atoms with Gasteiger partial charge in [0, 0.05) is 13.1 Å². The van der Waals surface area contributed by atoms with E-state index in [4.69, 9.17) is 11.1 Å². The van der Waals surface area contributed by atoms with Crippen LogP contribution in [0.2, 0.25) is 0 Å². The third kappa shape index (κ3) is 2.49. The number of nitrogens with two attached hydrogens (primary N) is 1. The summed E-state index contributed by atoms with van der Waals surface area (Å²) in [5.74, 6) is 0.863. The van der Waals surface area contributed by atoms with E-state index in [1.54, 1.807) is 0 Å². The van der Waals surface area contributed by atoms with Crippen LogP contribution in [-0.2, 0) is 6.42 Å². The van der Waals surface area contributed by atoms with Gasteiger partial charge in [-0.2, -0.15) is 0 Å². The first-order valence-electron chi connectivity index (χ1n) is 5.38. The molecule has 15 heavy (non-hydrogen) atoms. The van der Waals surface area contributed by atoms with Gasteiger partial charge in [-0.3, -0.25) is 5.41 Å². The smallest absolute Gasteiger partial charge is 0.188 e. The van der Waals surface area contributed by atoms with Crippen molar-refractivity contribution in [2.75, 3.05) is 13.1 Å². The fourth-order valence-electron chi connectivity index (χ4n) is 2.17. The number of rotatable bonds is 2. The Morgan fingerprint density at radius 3 is 2.73 bits per heavy atom. The highest BCUT2D eigenvalue weighted by atomic mass is 15.2. The number of hydrogen-bond acceptors (Lipinski definition) is 1. The van der Waals surface area contributed by atoms with Crippen LogP contribution >= 0.6 is 0 Å². The van der Waals surface area contributed by atoms with Crippen LogP contribution in [0.25, 0.3) is 0 Å². The highest BCUT2D eigenvalue weighted by Crippen LogP contribution is 2.20. The summed E-state index contributed by atoms with van der Waals surface area (Å²) in [6.45, 7) is 1.87. The van der Waals surface area contributed by atoms with Crippen LogP contribution < -0.4 is 5.73 Å². The molecule has 0 aliphatic carbocycles. The average molecular weight is 203 g/mol. The molecule has 2 rings (SSSR count). The third-order valence-electron chi connectivity index (χ3n) is 2.99. The van der Waals surface area contributed by atoms with Crippen LogP contribution in [-0.4, -0.2) is 23.9 Å². The van der Waals surface area contributed by atoms with Gasteiger partial charge in [-0.05, 0) is 24.3 Å². The van der Waals surface area contributed by atoms with Crippen molar-refractivity contribution in [2.45, 2.75) is 12.8 Å². The number of benzene rings is 1. The summed E-state index contributed by atoms with van der Waals surface area (Å²) in [5, 5.41) is 7.37. The van der Waals surface area contributed by atoms with Gasteiger partial charge in [0.05, 0.1) is 0 Å². The molecule has 0 spiro atoms. The Bertz CT molecular complexity index is 334. The van der Waals surface area contributed by atoms with Crippen molar-refractivity contribution in [1.29, 1.82) is 5.41 Å². The lowest BCUT2D eigenvalue weighted by atomic mass is 9.99. The summed E-state index contributed by atoms with van der Waals surface area (Å²) < 4.78 is 0. The maximum absolute atomic E-state index is 7.37. The van der Waals surface area contributed by atoms with Gasteiger partial charge in [0.1, 0.15) is 0 Å². The quantitative estimate of drug-likeness (QED) is 0.564. The van der Waals surface area contributed by atoms with Gasteiger partial charge in [0.25, 0.3) is 0 Å². The molecule has 0 aromatic heterocycles. The fraction of sp³-hybridized carbons (Fsp3) is 0.417. The Balaban J connectivity index is 1.90. The highest BCUT2D eigenvalue weighted by Gasteiger charge is 2.22. The van der Waals surface area contributed by atoms with Crippen molar-refractivity contribution in [3.05, 3.63) is 35.9 Å². The fourth-order valence-corrected chi connectivity index (χ4v) is 2.17. The van der Waals surface area contributed by atoms with Crippen LogP contribution in [0.3, 0.4) is 0 Å². The molecule has 1 aliphatic rings. The normalized spacial score (nSPS) is 20.5. The van der Waals surface area contributed by atoms with Crippen LogP contribution in [0.15, 0.2) is 30.3 Å². The summed E-state index contributed by atoms with van der Waals surface area (Å²) >= 11 is 0. The Hall–Kier alpha value is -1.51. The van der Waals surface area contributed by atoms with E-state index >= 15 is 0 Å². The first-order valence-corrected chi connectivity index (χ1v) is 5.38. The van der Waals surface area contributed by atoms with Crippen molar-refractivity contribution in [2.24, 2.45) is 11.7 Å². The summed E-state index contributed by atoms with van der Waals surface area (Å²) in [6.07, 6.45) is 2.25. The van der Waals surface area contributed by atoms with Crippen LogP contribution in [0.5, 0.6) is 0 Å². The first-order chi connectivity index (χ1) is 7.25. The van der Waals surface area contributed by atoms with Gasteiger partial charge in [0.15, 0.2) is 5.96 Å². The van der Waals surface area contributed by atoms with Gasteiger partial charge in [0.2, 0.25) is 0 Å². The Labute approximate surface area is 90.4 Å². The van der Waals surface area contributed by atoms with Crippen LogP contribution in [0, 0.1) is 11.3 Å². The predicted molar refractivity (Wildman–Crippen MR) is 61.7 cm³/mol. The second-order valence-corrected chi connectivity index (χ2v) is 4.18. The molecule has 1 heterocycles. The molecular weight excluding hydrogens is 186 g/mol. The van der Waals surface area contributed by atoms with Crippen LogP contribution in [0.4, 0.5) is 0 Å². The molecule has 3 N–H and O–H groups in total. The van der Waals surface area contributed by atoms with E-state index in [9.17, 15) is 0 Å². The molecule has 1 fully saturated rings. The summed E-state index contributed by atoms with van der Waals surface area (Å²) in [7, 11) is 0. The van der Waals surface area contributed by atoms with Gasteiger partial charge in [-0.25, -0.2) is 0 Å². The van der Waals surface area contributed by atoms with Gasteiger partial charge in [-0.1, -0.05) is 30.3 Å². The van der Waals surface area contributed by atoms with Crippen molar-refractivity contribution in [3.63, 3.8) is 0 Å². The molecule has 1 aromatic rings. The van der Waals surface area contributed by atoms with E-state index in [1.807, 2.05) is 11.0 Å². The topological polar surface area (TPSA) is 53.1 Å². The van der Waals surface area contributed by atoms with Crippen molar-refractivity contribution < 1.29 is 0 Å². The van der Waals surface area contributed by atoms with E-state index in [2.05, 4.69) is 24.3 Å². The second-order valence-electron chi connectivity index (χ2n) is 4.18. The monoisotopic (exact) mass is 203 g/mol. The Morgan fingerprint density at radius 2 is 2.13 bits per heavy atom. The zero-order chi connectivity index (χ0) is 10.7. The van der Waals surface area contributed by atoms with Crippen molar-refractivity contribution in [3.8, 4) is 0 Å². The molecule has 1 aromatic carbocycles. The minimum atomic E-state index is 0.213.